The second-order valence-electron chi connectivity index (χ2n) is 4.31. The van der Waals surface area contributed by atoms with Crippen molar-refractivity contribution < 1.29 is 4.79 Å². The zero-order valence-electron chi connectivity index (χ0n) is 9.78. The Morgan fingerprint density at radius 2 is 2.50 bits per heavy atom. The van der Waals surface area contributed by atoms with Gasteiger partial charge in [0.05, 0.1) is 6.04 Å². The molecule has 88 valence electrons. The van der Waals surface area contributed by atoms with Crippen molar-refractivity contribution in [3.8, 4) is 0 Å². The molecule has 0 amide bonds. The number of nitrogens with zero attached hydrogens (tertiary/aromatic N) is 2. The maximum Gasteiger partial charge on any atom is 0.215 e. The van der Waals surface area contributed by atoms with Crippen LogP contribution in [0.4, 0.5) is 0 Å². The molecule has 1 aliphatic heterocycles. The van der Waals surface area contributed by atoms with Crippen LogP contribution in [0.2, 0.25) is 0 Å². The Bertz CT molecular complexity index is 353. The third-order valence-electron chi connectivity index (χ3n) is 3.03. The van der Waals surface area contributed by atoms with Crippen molar-refractivity contribution in [2.75, 3.05) is 6.54 Å². The molecule has 0 aliphatic carbocycles. The first-order valence-corrected chi connectivity index (χ1v) is 6.11. The van der Waals surface area contributed by atoms with E-state index in [1.165, 1.54) is 6.42 Å². The Morgan fingerprint density at radius 1 is 1.62 bits per heavy atom. The number of Topliss-reactive ketones (excluding diaryl/α,β-unsaturated/α-hetero) is 1. The van der Waals surface area contributed by atoms with Crippen LogP contribution in [0.1, 0.15) is 43.2 Å². The van der Waals surface area contributed by atoms with E-state index in [0.717, 1.165) is 32.4 Å². The van der Waals surface area contributed by atoms with Crippen LogP contribution in [0.5, 0.6) is 0 Å². The van der Waals surface area contributed by atoms with Gasteiger partial charge in [-0.2, -0.15) is 0 Å². The predicted octanol–water partition coefficient (Wildman–Crippen LogP) is 1.62. The molecule has 1 N–H and O–H groups in total. The smallest absolute Gasteiger partial charge is 0.215 e. The van der Waals surface area contributed by atoms with Gasteiger partial charge in [-0.15, -0.1) is 0 Å². The molecule has 1 saturated heterocycles. The second kappa shape index (κ2) is 5.25. The molecule has 0 bridgehead atoms. The molecule has 1 unspecified atom stereocenters. The zero-order valence-corrected chi connectivity index (χ0v) is 9.78. The summed E-state index contributed by atoms with van der Waals surface area (Å²) in [7, 11) is 0. The molecular formula is C12H19N3O. The highest BCUT2D eigenvalue weighted by molar-refractivity contribution is 5.97. The normalized spacial score (nSPS) is 20.9. The highest BCUT2D eigenvalue weighted by atomic mass is 16.1. The van der Waals surface area contributed by atoms with Gasteiger partial charge in [-0.1, -0.05) is 13.3 Å². The van der Waals surface area contributed by atoms with Crippen molar-refractivity contribution in [2.45, 2.75) is 45.2 Å². The minimum absolute atomic E-state index is 0.0215. The fourth-order valence-electron chi connectivity index (χ4n) is 2.19. The number of imidazole rings is 1. The summed E-state index contributed by atoms with van der Waals surface area (Å²) in [6.45, 7) is 3.92. The first kappa shape index (κ1) is 11.3. The van der Waals surface area contributed by atoms with Crippen molar-refractivity contribution in [1.29, 1.82) is 0 Å². The van der Waals surface area contributed by atoms with Crippen LogP contribution in [-0.4, -0.2) is 27.9 Å². The largest absolute Gasteiger partial charge is 0.328 e. The summed E-state index contributed by atoms with van der Waals surface area (Å²) in [6.07, 6.45) is 7.88. The number of hydrogen-bond donors (Lipinski definition) is 1. The van der Waals surface area contributed by atoms with Crippen LogP contribution in [0.25, 0.3) is 0 Å². The van der Waals surface area contributed by atoms with Gasteiger partial charge >= 0.3 is 0 Å². The number of carbonyl (C=O) groups excluding carboxylic acids is 1. The van der Waals surface area contributed by atoms with Gasteiger partial charge in [0, 0.05) is 18.9 Å². The summed E-state index contributed by atoms with van der Waals surface area (Å²) < 4.78 is 1.96. The molecule has 0 saturated carbocycles. The lowest BCUT2D eigenvalue weighted by atomic mass is 10.0. The topological polar surface area (TPSA) is 46.9 Å². The summed E-state index contributed by atoms with van der Waals surface area (Å²) in [5.41, 5.74) is 0. The van der Waals surface area contributed by atoms with E-state index in [2.05, 4.69) is 17.2 Å². The molecule has 4 nitrogen and oxygen atoms in total. The van der Waals surface area contributed by atoms with Crippen molar-refractivity contribution >= 4 is 5.78 Å². The third kappa shape index (κ3) is 2.32. The molecule has 1 aromatic heterocycles. The number of aromatic nitrogens is 2. The highest BCUT2D eigenvalue weighted by Crippen LogP contribution is 2.12. The first-order chi connectivity index (χ1) is 7.83. The van der Waals surface area contributed by atoms with E-state index < -0.39 is 0 Å². The minimum Gasteiger partial charge on any atom is -0.328 e. The van der Waals surface area contributed by atoms with Gasteiger partial charge in [-0.05, 0) is 25.8 Å². The predicted molar refractivity (Wildman–Crippen MR) is 62.5 cm³/mol. The fraction of sp³-hybridized carbons (Fsp3) is 0.667. The Balaban J connectivity index is 2.09. The molecule has 16 heavy (non-hydrogen) atoms. The van der Waals surface area contributed by atoms with Crippen LogP contribution in [-0.2, 0) is 6.54 Å². The van der Waals surface area contributed by atoms with Crippen LogP contribution < -0.4 is 5.32 Å². The molecule has 0 aromatic carbocycles. The van der Waals surface area contributed by atoms with Crippen molar-refractivity contribution in [2.24, 2.45) is 0 Å². The molecule has 4 heteroatoms. The average molecular weight is 221 g/mol. The molecule has 2 heterocycles. The maximum absolute atomic E-state index is 12.2. The van der Waals surface area contributed by atoms with Crippen molar-refractivity contribution in [3.63, 3.8) is 0 Å². The van der Waals surface area contributed by atoms with E-state index >= 15 is 0 Å². The number of carbonyl (C=O) groups is 1. The lowest BCUT2D eigenvalue weighted by Gasteiger charge is -2.22. The molecular weight excluding hydrogens is 202 g/mol. The number of hydrogen-bond acceptors (Lipinski definition) is 3. The summed E-state index contributed by atoms with van der Waals surface area (Å²) in [6, 6.07) is -0.0215. The van der Waals surface area contributed by atoms with E-state index in [0.29, 0.717) is 5.82 Å². The Morgan fingerprint density at radius 3 is 3.19 bits per heavy atom. The number of nitrogens with one attached hydrogen (secondary N) is 1. The number of aryl methyl sites for hydroxylation is 1. The van der Waals surface area contributed by atoms with Crippen LogP contribution >= 0.6 is 0 Å². The van der Waals surface area contributed by atoms with Gasteiger partial charge in [0.1, 0.15) is 0 Å². The quantitative estimate of drug-likeness (QED) is 0.786. The van der Waals surface area contributed by atoms with Crippen LogP contribution in [0.15, 0.2) is 12.4 Å². The molecule has 1 atom stereocenters. The lowest BCUT2D eigenvalue weighted by molar-refractivity contribution is 0.0912. The average Bonchev–Trinajstić information content (AvgIpc) is 2.78. The molecule has 1 fully saturated rings. The zero-order chi connectivity index (χ0) is 11.4. The van der Waals surface area contributed by atoms with Crippen LogP contribution in [0.3, 0.4) is 0 Å². The molecule has 0 radical (unpaired) electrons. The number of ketones is 1. The number of rotatable bonds is 4. The standard InChI is InChI=1S/C12H19N3O/c1-2-8-15-9-7-14-12(15)11(16)10-5-3-4-6-13-10/h7,9-10,13H,2-6,8H2,1H3. The maximum atomic E-state index is 12.2. The lowest BCUT2D eigenvalue weighted by Crippen LogP contribution is -2.41. The van der Waals surface area contributed by atoms with Gasteiger partial charge in [-0.3, -0.25) is 4.79 Å². The van der Waals surface area contributed by atoms with E-state index in [9.17, 15) is 4.79 Å². The Kier molecular flexibility index (Phi) is 3.72. The third-order valence-corrected chi connectivity index (χ3v) is 3.03. The van der Waals surface area contributed by atoms with Gasteiger partial charge in [-0.25, -0.2) is 4.98 Å². The first-order valence-electron chi connectivity index (χ1n) is 6.11. The minimum atomic E-state index is -0.0215. The Hall–Kier alpha value is -1.16. The number of piperidine rings is 1. The summed E-state index contributed by atoms with van der Waals surface area (Å²) in [4.78, 5) is 16.4. The SMILES string of the molecule is CCCn1ccnc1C(=O)C1CCCCN1. The Labute approximate surface area is 96.1 Å². The van der Waals surface area contributed by atoms with Gasteiger partial charge < -0.3 is 9.88 Å². The van der Waals surface area contributed by atoms with Crippen molar-refractivity contribution in [3.05, 3.63) is 18.2 Å². The van der Waals surface area contributed by atoms with E-state index in [4.69, 9.17) is 0 Å². The van der Waals surface area contributed by atoms with Gasteiger partial charge in [0.2, 0.25) is 5.78 Å². The summed E-state index contributed by atoms with van der Waals surface area (Å²) in [5, 5.41) is 3.27. The van der Waals surface area contributed by atoms with Gasteiger partial charge in [0.25, 0.3) is 0 Å². The summed E-state index contributed by atoms with van der Waals surface area (Å²) in [5.74, 6) is 0.763. The highest BCUT2D eigenvalue weighted by Gasteiger charge is 2.24. The molecule has 2 rings (SSSR count). The van der Waals surface area contributed by atoms with Crippen molar-refractivity contribution in [1.82, 2.24) is 14.9 Å². The summed E-state index contributed by atoms with van der Waals surface area (Å²) >= 11 is 0. The fourth-order valence-corrected chi connectivity index (χ4v) is 2.19. The monoisotopic (exact) mass is 221 g/mol. The van der Waals surface area contributed by atoms with E-state index in [1.54, 1.807) is 6.20 Å². The van der Waals surface area contributed by atoms with E-state index in [-0.39, 0.29) is 11.8 Å². The van der Waals surface area contributed by atoms with Gasteiger partial charge in [0.15, 0.2) is 5.82 Å². The molecule has 0 spiro atoms. The van der Waals surface area contributed by atoms with E-state index in [1.807, 2.05) is 10.8 Å². The second-order valence-corrected chi connectivity index (χ2v) is 4.31. The molecule has 1 aromatic rings. The van der Waals surface area contributed by atoms with Crippen LogP contribution in [0, 0.1) is 0 Å². The molecule has 1 aliphatic rings.